The Morgan fingerprint density at radius 2 is 1.86 bits per heavy atom. The van der Waals surface area contributed by atoms with Gasteiger partial charge in [-0.3, -0.25) is 4.90 Å². The van der Waals surface area contributed by atoms with Crippen LogP contribution in [-0.2, 0) is 19.5 Å². The van der Waals surface area contributed by atoms with Crippen molar-refractivity contribution in [1.82, 2.24) is 9.88 Å². The van der Waals surface area contributed by atoms with Crippen LogP contribution in [0.25, 0.3) is 10.9 Å². The van der Waals surface area contributed by atoms with Crippen LogP contribution in [0.15, 0.2) is 48.5 Å². The molecule has 106 valence electrons. The SMILES string of the molecule is Clc1ccc(CN2CCc3c([nH]c4ccccc34)C2)cc1. The summed E-state index contributed by atoms with van der Waals surface area (Å²) in [5.74, 6) is 0. The number of hydrogen-bond acceptors (Lipinski definition) is 1. The first-order valence-corrected chi connectivity index (χ1v) is 7.73. The van der Waals surface area contributed by atoms with Crippen LogP contribution in [0.4, 0.5) is 0 Å². The van der Waals surface area contributed by atoms with Gasteiger partial charge in [0.1, 0.15) is 0 Å². The molecule has 3 aromatic rings. The van der Waals surface area contributed by atoms with Gasteiger partial charge in [0, 0.05) is 41.3 Å². The van der Waals surface area contributed by atoms with Crippen molar-refractivity contribution in [3.05, 3.63) is 70.4 Å². The Hall–Kier alpha value is -1.77. The standard InChI is InChI=1S/C18H17ClN2/c19-14-7-5-13(6-8-14)11-21-10-9-16-15-3-1-2-4-17(15)20-18(16)12-21/h1-8,20H,9-12H2. The van der Waals surface area contributed by atoms with Crippen molar-refractivity contribution < 1.29 is 0 Å². The monoisotopic (exact) mass is 296 g/mol. The number of aromatic amines is 1. The molecule has 1 aromatic heterocycles. The van der Waals surface area contributed by atoms with Gasteiger partial charge in [-0.2, -0.15) is 0 Å². The number of hydrogen-bond donors (Lipinski definition) is 1. The first-order chi connectivity index (χ1) is 10.3. The maximum atomic E-state index is 5.95. The summed E-state index contributed by atoms with van der Waals surface area (Å²) in [5.41, 5.74) is 5.45. The van der Waals surface area contributed by atoms with Gasteiger partial charge in [-0.15, -0.1) is 0 Å². The predicted molar refractivity (Wildman–Crippen MR) is 87.6 cm³/mol. The maximum absolute atomic E-state index is 5.95. The van der Waals surface area contributed by atoms with E-state index in [0.29, 0.717) is 0 Å². The molecule has 1 aliphatic rings. The second kappa shape index (κ2) is 5.21. The Morgan fingerprint density at radius 3 is 2.71 bits per heavy atom. The number of H-pyrrole nitrogens is 1. The molecule has 1 N–H and O–H groups in total. The third kappa shape index (κ3) is 2.45. The van der Waals surface area contributed by atoms with Gasteiger partial charge in [-0.1, -0.05) is 41.9 Å². The van der Waals surface area contributed by atoms with Crippen LogP contribution >= 0.6 is 11.6 Å². The van der Waals surface area contributed by atoms with E-state index in [4.69, 9.17) is 11.6 Å². The average Bonchev–Trinajstić information content (AvgIpc) is 2.87. The van der Waals surface area contributed by atoms with E-state index < -0.39 is 0 Å². The van der Waals surface area contributed by atoms with Gasteiger partial charge in [-0.25, -0.2) is 0 Å². The van der Waals surface area contributed by atoms with Crippen LogP contribution < -0.4 is 0 Å². The Labute approximate surface area is 129 Å². The topological polar surface area (TPSA) is 19.0 Å². The molecule has 21 heavy (non-hydrogen) atoms. The third-order valence-corrected chi connectivity index (χ3v) is 4.53. The first-order valence-electron chi connectivity index (χ1n) is 7.35. The minimum atomic E-state index is 0.801. The molecule has 0 unspecified atom stereocenters. The molecule has 4 rings (SSSR count). The molecule has 0 spiro atoms. The average molecular weight is 297 g/mol. The van der Waals surface area contributed by atoms with Crippen molar-refractivity contribution in [1.29, 1.82) is 0 Å². The Morgan fingerprint density at radius 1 is 1.05 bits per heavy atom. The van der Waals surface area contributed by atoms with Crippen molar-refractivity contribution in [2.75, 3.05) is 6.54 Å². The molecule has 3 heteroatoms. The molecule has 0 amide bonds. The molecule has 0 aliphatic carbocycles. The van der Waals surface area contributed by atoms with E-state index in [9.17, 15) is 0 Å². The Balaban J connectivity index is 1.57. The fraction of sp³-hybridized carbons (Fsp3) is 0.222. The number of rotatable bonds is 2. The molecule has 1 aliphatic heterocycles. The highest BCUT2D eigenvalue weighted by molar-refractivity contribution is 6.30. The van der Waals surface area contributed by atoms with E-state index in [1.807, 2.05) is 12.1 Å². The van der Waals surface area contributed by atoms with Gasteiger partial charge >= 0.3 is 0 Å². The lowest BCUT2D eigenvalue weighted by Crippen LogP contribution is -2.29. The first kappa shape index (κ1) is 12.9. The molecule has 0 bridgehead atoms. The summed E-state index contributed by atoms with van der Waals surface area (Å²) in [6, 6.07) is 16.8. The number of halogens is 1. The molecule has 0 fully saturated rings. The molecule has 2 aromatic carbocycles. The molecule has 0 atom stereocenters. The Bertz CT molecular complexity index is 774. The van der Waals surface area contributed by atoms with Crippen molar-refractivity contribution in [2.24, 2.45) is 0 Å². The molecular weight excluding hydrogens is 280 g/mol. The highest BCUT2D eigenvalue weighted by Crippen LogP contribution is 2.28. The second-order valence-electron chi connectivity index (χ2n) is 5.71. The molecule has 0 radical (unpaired) electrons. The largest absolute Gasteiger partial charge is 0.357 e. The summed E-state index contributed by atoms with van der Waals surface area (Å²) in [6.45, 7) is 3.08. The lowest BCUT2D eigenvalue weighted by molar-refractivity contribution is 0.243. The van der Waals surface area contributed by atoms with Crippen LogP contribution in [0, 0.1) is 0 Å². The van der Waals surface area contributed by atoms with Crippen molar-refractivity contribution in [3.63, 3.8) is 0 Å². The molecule has 0 saturated heterocycles. The number of para-hydroxylation sites is 1. The van der Waals surface area contributed by atoms with Crippen molar-refractivity contribution in [3.8, 4) is 0 Å². The van der Waals surface area contributed by atoms with E-state index in [-0.39, 0.29) is 0 Å². The summed E-state index contributed by atoms with van der Waals surface area (Å²) in [6.07, 6.45) is 1.12. The zero-order chi connectivity index (χ0) is 14.2. The van der Waals surface area contributed by atoms with Gasteiger partial charge in [0.15, 0.2) is 0 Å². The highest BCUT2D eigenvalue weighted by Gasteiger charge is 2.20. The van der Waals surface area contributed by atoms with Gasteiger partial charge in [-0.05, 0) is 35.7 Å². The van der Waals surface area contributed by atoms with Crippen LogP contribution in [0.3, 0.4) is 0 Å². The van der Waals surface area contributed by atoms with E-state index in [0.717, 1.165) is 31.1 Å². The van der Waals surface area contributed by atoms with Crippen molar-refractivity contribution in [2.45, 2.75) is 19.5 Å². The fourth-order valence-electron chi connectivity index (χ4n) is 3.23. The quantitative estimate of drug-likeness (QED) is 0.743. The second-order valence-corrected chi connectivity index (χ2v) is 6.15. The third-order valence-electron chi connectivity index (χ3n) is 4.28. The van der Waals surface area contributed by atoms with Crippen LogP contribution in [0.1, 0.15) is 16.8 Å². The zero-order valence-electron chi connectivity index (χ0n) is 11.8. The number of nitrogens with one attached hydrogen (secondary N) is 1. The van der Waals surface area contributed by atoms with Crippen LogP contribution in [0.2, 0.25) is 5.02 Å². The van der Waals surface area contributed by atoms with Gasteiger partial charge < -0.3 is 4.98 Å². The van der Waals surface area contributed by atoms with E-state index in [2.05, 4.69) is 46.3 Å². The number of nitrogens with zero attached hydrogens (tertiary/aromatic N) is 1. The number of fused-ring (bicyclic) bond motifs is 3. The summed E-state index contributed by atoms with van der Waals surface area (Å²) < 4.78 is 0. The summed E-state index contributed by atoms with van der Waals surface area (Å²) in [5, 5.41) is 2.19. The zero-order valence-corrected chi connectivity index (χ0v) is 12.5. The highest BCUT2D eigenvalue weighted by atomic mass is 35.5. The normalized spacial score (nSPS) is 15.3. The lowest BCUT2D eigenvalue weighted by atomic mass is 10.0. The number of benzene rings is 2. The molecule has 2 heterocycles. The van der Waals surface area contributed by atoms with Gasteiger partial charge in [0.05, 0.1) is 0 Å². The summed E-state index contributed by atoms with van der Waals surface area (Å²) in [4.78, 5) is 6.07. The molecule has 2 nitrogen and oxygen atoms in total. The fourth-order valence-corrected chi connectivity index (χ4v) is 3.36. The smallest absolute Gasteiger partial charge is 0.0459 e. The van der Waals surface area contributed by atoms with E-state index in [1.54, 1.807) is 0 Å². The van der Waals surface area contributed by atoms with Crippen LogP contribution in [-0.4, -0.2) is 16.4 Å². The van der Waals surface area contributed by atoms with Crippen LogP contribution in [0.5, 0.6) is 0 Å². The Kier molecular flexibility index (Phi) is 3.21. The molecular formula is C18H17ClN2. The molecule has 0 saturated carbocycles. The van der Waals surface area contributed by atoms with Gasteiger partial charge in [0.25, 0.3) is 0 Å². The maximum Gasteiger partial charge on any atom is 0.0459 e. The van der Waals surface area contributed by atoms with E-state index in [1.165, 1.54) is 27.7 Å². The number of aromatic nitrogens is 1. The summed E-state index contributed by atoms with van der Waals surface area (Å²) in [7, 11) is 0. The van der Waals surface area contributed by atoms with E-state index >= 15 is 0 Å². The summed E-state index contributed by atoms with van der Waals surface area (Å²) >= 11 is 5.95. The minimum Gasteiger partial charge on any atom is -0.357 e. The van der Waals surface area contributed by atoms with Gasteiger partial charge in [0.2, 0.25) is 0 Å². The lowest BCUT2D eigenvalue weighted by Gasteiger charge is -2.27. The predicted octanol–water partition coefficient (Wildman–Crippen LogP) is 4.38. The minimum absolute atomic E-state index is 0.801. The van der Waals surface area contributed by atoms with Crippen molar-refractivity contribution >= 4 is 22.5 Å².